The third kappa shape index (κ3) is 15.2. The monoisotopic (exact) mass is 673 g/mol. The molecule has 4 nitrogen and oxygen atoms in total. The molecule has 0 saturated carbocycles. The van der Waals surface area contributed by atoms with Crippen LogP contribution in [-0.4, -0.2) is 25.0 Å². The maximum absolute atomic E-state index is 5.20. The largest absolute Gasteiger partial charge is 3.00 e. The molecule has 0 aromatic heterocycles. The van der Waals surface area contributed by atoms with Crippen molar-refractivity contribution in [3.63, 3.8) is 0 Å². The number of nitrogens with one attached hydrogen (secondary N) is 1. The van der Waals surface area contributed by atoms with Gasteiger partial charge in [-0.1, -0.05) is 58.4 Å². The fraction of sp³-hybridized carbons (Fsp3) is 0.222. The van der Waals surface area contributed by atoms with E-state index in [1.54, 1.807) is 0 Å². The Morgan fingerprint density at radius 1 is 1.04 bits per heavy atom. The predicted octanol–water partition coefficient (Wildman–Crippen LogP) is -3.63. The summed E-state index contributed by atoms with van der Waals surface area (Å²) in [6.07, 6.45) is 0. The summed E-state index contributed by atoms with van der Waals surface area (Å²) in [6, 6.07) is 18.3. The number of nitrogens with two attached hydrogens (primary N) is 1. The summed E-state index contributed by atoms with van der Waals surface area (Å²) in [5.41, 5.74) is 8.36. The van der Waals surface area contributed by atoms with Crippen LogP contribution in [0.2, 0.25) is 0 Å². The number of hydrogen-bond donors (Lipinski definition) is 2. The van der Waals surface area contributed by atoms with Crippen molar-refractivity contribution in [2.24, 2.45) is 15.9 Å². The van der Waals surface area contributed by atoms with Crippen LogP contribution in [0.3, 0.4) is 0 Å². The van der Waals surface area contributed by atoms with Crippen LogP contribution in [0.4, 0.5) is 0 Å². The summed E-state index contributed by atoms with van der Waals surface area (Å²) in [5, 5.41) is 7.54. The number of quaternary nitrogens is 1. The topological polar surface area (TPSA) is 55.2 Å². The van der Waals surface area contributed by atoms with E-state index in [0.717, 1.165) is 22.3 Å². The van der Waals surface area contributed by atoms with Gasteiger partial charge in [-0.3, -0.25) is 0 Å². The van der Waals surface area contributed by atoms with Crippen molar-refractivity contribution in [1.82, 2.24) is 0 Å². The first-order chi connectivity index (χ1) is 11.4. The Morgan fingerprint density at radius 2 is 1.63 bits per heavy atom. The molecule has 152 valence electrons. The van der Waals surface area contributed by atoms with Crippen LogP contribution < -0.4 is 35.4 Å². The van der Waals surface area contributed by atoms with Crippen LogP contribution in [-0.2, 0) is 41.6 Å². The van der Waals surface area contributed by atoms with Crippen molar-refractivity contribution in [3.05, 3.63) is 70.2 Å². The van der Waals surface area contributed by atoms with Crippen LogP contribution in [0.25, 0.3) is 0 Å². The Balaban J connectivity index is -0.000000400. The van der Waals surface area contributed by atoms with Gasteiger partial charge in [0.1, 0.15) is 6.54 Å². The Labute approximate surface area is 204 Å². The molecule has 0 fully saturated rings. The van der Waals surface area contributed by atoms with Crippen LogP contribution in [0.5, 0.6) is 0 Å². The molecular weight excluding hydrogens is 652 g/mol. The fourth-order valence-electron chi connectivity index (χ4n) is 1.90. The molecule has 0 heterocycles. The number of hydrogen-bond acceptors (Lipinski definition) is 3. The number of halogens is 3. The van der Waals surface area contributed by atoms with Gasteiger partial charge >= 0.3 is 22.4 Å². The minimum absolute atomic E-state index is 0. The Bertz CT molecular complexity index is 697. The van der Waals surface area contributed by atoms with Crippen molar-refractivity contribution >= 4 is 39.4 Å². The molecule has 0 unspecified atom stereocenters. The molecule has 0 aliphatic heterocycles. The standard InChI is InChI=1S/C9H10BrN3S.C9H13N.Au.2ClH/c1-6(12-13-9(11)14)7-3-2-4-8(10)5-7;1-10(2)8-9-6-4-3-5-7-9;;;/h2-5H,1H3,(H3,11,13,14);3-7H,8H2,1-2H3;;2*1H/q;;+3;;/p-2/b12-6+;;;;. The fourth-order valence-corrected chi connectivity index (χ4v) is 2.34. The first-order valence-corrected chi connectivity index (χ1v) is 8.72. The van der Waals surface area contributed by atoms with Gasteiger partial charge < -0.3 is 48.1 Å². The molecule has 0 amide bonds. The maximum atomic E-state index is 5.20. The van der Waals surface area contributed by atoms with E-state index >= 15 is 0 Å². The van der Waals surface area contributed by atoms with Gasteiger partial charge in [-0.05, 0) is 29.8 Å². The Kier molecular flexibility index (Phi) is 20.4. The molecule has 2 aromatic carbocycles. The van der Waals surface area contributed by atoms with Crippen molar-refractivity contribution < 1.29 is 52.1 Å². The minimum atomic E-state index is 0. The number of benzene rings is 2. The second-order valence-corrected chi connectivity index (χ2v) is 6.84. The maximum Gasteiger partial charge on any atom is 3.00 e. The zero-order valence-electron chi connectivity index (χ0n) is 15.2. The van der Waals surface area contributed by atoms with Crippen molar-refractivity contribution in [1.29, 1.82) is 0 Å². The van der Waals surface area contributed by atoms with E-state index in [2.05, 4.69) is 83.2 Å². The molecule has 27 heavy (non-hydrogen) atoms. The van der Waals surface area contributed by atoms with Crippen LogP contribution in [0.15, 0.2) is 69.3 Å². The zero-order chi connectivity index (χ0) is 17.9. The summed E-state index contributed by atoms with van der Waals surface area (Å²) in [4.78, 5) is 1.46. The summed E-state index contributed by atoms with van der Waals surface area (Å²) in [5.74, 6) is 0. The molecule has 0 atom stereocenters. The third-order valence-corrected chi connectivity index (χ3v) is 3.52. The zero-order valence-corrected chi connectivity index (χ0v) is 21.3. The molecule has 9 heteroatoms. The summed E-state index contributed by atoms with van der Waals surface area (Å²) in [7, 11) is 4.32. The van der Waals surface area contributed by atoms with E-state index in [-0.39, 0.29) is 52.4 Å². The van der Waals surface area contributed by atoms with E-state index in [0.29, 0.717) is 0 Å². The third-order valence-electron chi connectivity index (χ3n) is 2.94. The van der Waals surface area contributed by atoms with Crippen LogP contribution in [0.1, 0.15) is 18.1 Å². The van der Waals surface area contributed by atoms with Crippen LogP contribution >= 0.6 is 15.9 Å². The van der Waals surface area contributed by atoms with Crippen molar-refractivity contribution in [3.8, 4) is 0 Å². The molecule has 0 aliphatic rings. The van der Waals surface area contributed by atoms with E-state index in [1.165, 1.54) is 10.5 Å². The second-order valence-electron chi connectivity index (χ2n) is 5.50. The van der Waals surface area contributed by atoms with E-state index in [1.807, 2.05) is 31.2 Å². The second kappa shape index (κ2) is 17.6. The predicted molar refractivity (Wildman–Crippen MR) is 108 cm³/mol. The summed E-state index contributed by atoms with van der Waals surface area (Å²) < 4.78 is 1.000. The Morgan fingerprint density at radius 3 is 2.11 bits per heavy atom. The average molecular weight is 675 g/mol. The van der Waals surface area contributed by atoms with Gasteiger partial charge in [0.05, 0.1) is 19.8 Å². The van der Waals surface area contributed by atoms with E-state index in [9.17, 15) is 0 Å². The molecule has 3 N–H and O–H groups in total. The molecular formula is C18H23AuBrCl2N4S+. The van der Waals surface area contributed by atoms with Crippen molar-refractivity contribution in [2.75, 3.05) is 14.1 Å². The number of nitrogens with zero attached hydrogens (tertiary/aromatic N) is 2. The van der Waals surface area contributed by atoms with Gasteiger partial charge in [0.2, 0.25) is 0 Å². The first kappa shape index (κ1) is 31.3. The van der Waals surface area contributed by atoms with Gasteiger partial charge in [-0.15, -0.1) is 0 Å². The first-order valence-electron chi connectivity index (χ1n) is 7.52. The average Bonchev–Trinajstić information content (AvgIpc) is 2.53. The molecule has 0 radical (unpaired) electrons. The van der Waals surface area contributed by atoms with Crippen LogP contribution in [0, 0.1) is 0 Å². The Hall–Kier alpha value is -0.440. The molecule has 0 bridgehead atoms. The quantitative estimate of drug-likeness (QED) is 0.116. The van der Waals surface area contributed by atoms with Crippen molar-refractivity contribution in [2.45, 2.75) is 13.5 Å². The molecule has 0 aliphatic carbocycles. The molecule has 0 saturated heterocycles. The number of rotatable bonds is 4. The van der Waals surface area contributed by atoms with Gasteiger partial charge in [0, 0.05) is 10.0 Å². The smallest absolute Gasteiger partial charge is 1.00 e. The summed E-state index contributed by atoms with van der Waals surface area (Å²) >= 11 is 7.96. The van der Waals surface area contributed by atoms with Gasteiger partial charge in [0.15, 0.2) is 0 Å². The molecule has 2 rings (SSSR count). The van der Waals surface area contributed by atoms with Gasteiger partial charge in [-0.25, -0.2) is 0 Å². The number of amidine groups is 1. The minimum Gasteiger partial charge on any atom is -1.00 e. The normalized spacial score (nSPS) is 10.6. The molecule has 2 aromatic rings. The van der Waals surface area contributed by atoms with Gasteiger partial charge in [-0.2, -0.15) is 10.2 Å². The molecule has 0 spiro atoms. The van der Waals surface area contributed by atoms with Gasteiger partial charge in [0.25, 0.3) is 0 Å². The SMILES string of the molecule is C/C(=N\N=C(\N)[S-])c1cccc(Br)c1.C[NH+](C)Cc1ccccc1.[Au+3].[Cl-].[Cl-]. The van der Waals surface area contributed by atoms with E-state index in [4.69, 9.17) is 5.73 Å². The van der Waals surface area contributed by atoms with E-state index < -0.39 is 0 Å². The summed E-state index contributed by atoms with van der Waals surface area (Å²) in [6.45, 7) is 2.96.